The lowest BCUT2D eigenvalue weighted by Gasteiger charge is -2.22. The van der Waals surface area contributed by atoms with E-state index in [1.165, 1.54) is 0 Å². The summed E-state index contributed by atoms with van der Waals surface area (Å²) in [6.45, 7) is 2.54. The van der Waals surface area contributed by atoms with Gasteiger partial charge < -0.3 is 20.5 Å². The molecule has 1 aliphatic heterocycles. The molecule has 2 rings (SSSR count). The molecule has 1 fully saturated rings. The number of carboxylic acids is 1. The van der Waals surface area contributed by atoms with Crippen LogP contribution in [-0.2, 0) is 9.53 Å². The Kier molecular flexibility index (Phi) is 3.89. The molecule has 108 valence electrons. The van der Waals surface area contributed by atoms with Gasteiger partial charge in [0.15, 0.2) is 0 Å². The first-order valence-corrected chi connectivity index (χ1v) is 6.37. The molecule has 3 N–H and O–H groups in total. The molecule has 7 heteroatoms. The van der Waals surface area contributed by atoms with Crippen molar-refractivity contribution < 1.29 is 19.4 Å². The molecular formula is C13H17N3O4. The summed E-state index contributed by atoms with van der Waals surface area (Å²) < 4.78 is 4.97. The molecule has 1 aromatic rings. The zero-order valence-corrected chi connectivity index (χ0v) is 11.2. The number of carbonyl (C=O) groups excluding carboxylic acids is 1. The van der Waals surface area contributed by atoms with Gasteiger partial charge in [-0.2, -0.15) is 0 Å². The predicted octanol–water partition coefficient (Wildman–Crippen LogP) is 0.250. The molecule has 1 atom stereocenters. The highest BCUT2D eigenvalue weighted by Crippen LogP contribution is 2.27. The zero-order valence-electron chi connectivity index (χ0n) is 11.2. The maximum absolute atomic E-state index is 11.9. The Morgan fingerprint density at radius 3 is 2.95 bits per heavy atom. The van der Waals surface area contributed by atoms with Gasteiger partial charge in [0, 0.05) is 19.3 Å². The first-order valence-electron chi connectivity index (χ1n) is 6.37. The van der Waals surface area contributed by atoms with Crippen molar-refractivity contribution in [3.63, 3.8) is 0 Å². The fourth-order valence-corrected chi connectivity index (χ4v) is 2.21. The second-order valence-electron chi connectivity index (χ2n) is 4.73. The minimum Gasteiger partial charge on any atom is -0.480 e. The molecule has 7 nitrogen and oxygen atoms in total. The molecule has 0 amide bonds. The highest BCUT2D eigenvalue weighted by Gasteiger charge is 2.42. The van der Waals surface area contributed by atoms with E-state index in [9.17, 15) is 9.59 Å². The first kappa shape index (κ1) is 14.3. The van der Waals surface area contributed by atoms with Gasteiger partial charge in [0.1, 0.15) is 16.9 Å². The van der Waals surface area contributed by atoms with Crippen molar-refractivity contribution in [3.8, 4) is 0 Å². The Balaban J connectivity index is 2.26. The second kappa shape index (κ2) is 5.46. The van der Waals surface area contributed by atoms with E-state index in [-0.39, 0.29) is 13.2 Å². The quantitative estimate of drug-likeness (QED) is 0.761. The average molecular weight is 279 g/mol. The summed E-state index contributed by atoms with van der Waals surface area (Å²) in [5.74, 6) is -1.10. The summed E-state index contributed by atoms with van der Waals surface area (Å²) in [6, 6.07) is 3.25. The van der Waals surface area contributed by atoms with E-state index in [0.717, 1.165) is 0 Å². The van der Waals surface area contributed by atoms with E-state index >= 15 is 0 Å². The lowest BCUT2D eigenvalue weighted by atomic mass is 10.0. The van der Waals surface area contributed by atoms with Crippen molar-refractivity contribution in [2.24, 2.45) is 5.73 Å². The first-order chi connectivity index (χ1) is 9.48. The summed E-state index contributed by atoms with van der Waals surface area (Å²) in [6.07, 6.45) is 1.86. The number of esters is 1. The number of ether oxygens (including phenoxy) is 1. The van der Waals surface area contributed by atoms with Crippen molar-refractivity contribution in [2.75, 3.05) is 24.6 Å². The molecule has 0 bridgehead atoms. The number of nitrogens with zero attached hydrogens (tertiary/aromatic N) is 2. The number of nitrogens with two attached hydrogens (primary N) is 1. The fourth-order valence-electron chi connectivity index (χ4n) is 2.21. The van der Waals surface area contributed by atoms with Gasteiger partial charge >= 0.3 is 11.9 Å². The Bertz CT molecular complexity index is 534. The van der Waals surface area contributed by atoms with Crippen LogP contribution in [0.5, 0.6) is 0 Å². The number of pyridine rings is 1. The van der Waals surface area contributed by atoms with E-state index in [1.807, 2.05) is 0 Å². The van der Waals surface area contributed by atoms with Crippen LogP contribution in [0.4, 0.5) is 5.82 Å². The second-order valence-corrected chi connectivity index (χ2v) is 4.73. The van der Waals surface area contributed by atoms with Crippen LogP contribution in [0.1, 0.15) is 23.7 Å². The third kappa shape index (κ3) is 2.57. The molecule has 1 unspecified atom stereocenters. The van der Waals surface area contributed by atoms with Gasteiger partial charge in [0.25, 0.3) is 0 Å². The van der Waals surface area contributed by atoms with E-state index in [0.29, 0.717) is 24.3 Å². The number of rotatable bonds is 4. The number of hydrogen-bond acceptors (Lipinski definition) is 6. The summed E-state index contributed by atoms with van der Waals surface area (Å²) in [7, 11) is 0. The summed E-state index contributed by atoms with van der Waals surface area (Å²) in [5, 5.41) is 9.14. The van der Waals surface area contributed by atoms with Gasteiger partial charge in [0.2, 0.25) is 0 Å². The average Bonchev–Trinajstić information content (AvgIpc) is 2.83. The Morgan fingerprint density at radius 2 is 2.35 bits per heavy atom. The van der Waals surface area contributed by atoms with Crippen LogP contribution in [0, 0.1) is 0 Å². The Hall–Kier alpha value is -2.15. The molecule has 1 aliphatic rings. The smallest absolute Gasteiger partial charge is 0.341 e. The maximum Gasteiger partial charge on any atom is 0.341 e. The number of anilines is 1. The lowest BCUT2D eigenvalue weighted by molar-refractivity contribution is -0.142. The molecular weight excluding hydrogens is 262 g/mol. The minimum absolute atomic E-state index is 0.117. The van der Waals surface area contributed by atoms with Crippen LogP contribution in [-0.4, -0.2) is 47.3 Å². The number of aliphatic carboxylic acids is 1. The largest absolute Gasteiger partial charge is 0.480 e. The SMILES string of the molecule is CCOC(=O)c1cccnc1N1CCC(N)(C(=O)O)C1. The van der Waals surface area contributed by atoms with Crippen molar-refractivity contribution in [1.82, 2.24) is 4.98 Å². The highest BCUT2D eigenvalue weighted by atomic mass is 16.5. The number of carbonyl (C=O) groups is 2. The van der Waals surface area contributed by atoms with Crippen LogP contribution in [0.25, 0.3) is 0 Å². The minimum atomic E-state index is -1.30. The summed E-state index contributed by atoms with van der Waals surface area (Å²) in [5.41, 5.74) is 4.85. The van der Waals surface area contributed by atoms with Crippen LogP contribution < -0.4 is 10.6 Å². The van der Waals surface area contributed by atoms with Crippen molar-refractivity contribution in [3.05, 3.63) is 23.9 Å². The monoisotopic (exact) mass is 279 g/mol. The van der Waals surface area contributed by atoms with Gasteiger partial charge in [-0.25, -0.2) is 9.78 Å². The number of hydrogen-bond donors (Lipinski definition) is 2. The number of carboxylic acid groups (broad SMARTS) is 1. The number of aromatic nitrogens is 1. The topological polar surface area (TPSA) is 106 Å². The zero-order chi connectivity index (χ0) is 14.8. The van der Waals surface area contributed by atoms with Gasteiger partial charge in [-0.3, -0.25) is 4.79 Å². The molecule has 1 saturated heterocycles. The van der Waals surface area contributed by atoms with E-state index < -0.39 is 17.5 Å². The van der Waals surface area contributed by atoms with Gasteiger partial charge in [0.05, 0.1) is 6.61 Å². The molecule has 2 heterocycles. The molecule has 0 aliphatic carbocycles. The van der Waals surface area contributed by atoms with Gasteiger partial charge in [-0.05, 0) is 25.5 Å². The highest BCUT2D eigenvalue weighted by molar-refractivity contribution is 5.95. The molecule has 20 heavy (non-hydrogen) atoms. The normalized spacial score (nSPS) is 21.8. The molecule has 1 aromatic heterocycles. The van der Waals surface area contributed by atoms with Crippen molar-refractivity contribution in [2.45, 2.75) is 18.9 Å². The Labute approximate surface area is 116 Å². The van der Waals surface area contributed by atoms with Crippen LogP contribution in [0.2, 0.25) is 0 Å². The lowest BCUT2D eigenvalue weighted by Crippen LogP contribution is -2.50. The maximum atomic E-state index is 11.9. The standard InChI is InChI=1S/C13H17N3O4/c1-2-20-11(17)9-4-3-6-15-10(9)16-7-5-13(14,8-16)12(18)19/h3-4,6H,2,5,7-8,14H2,1H3,(H,18,19). The van der Waals surface area contributed by atoms with Crippen LogP contribution >= 0.6 is 0 Å². The van der Waals surface area contributed by atoms with E-state index in [2.05, 4.69) is 4.98 Å². The molecule has 0 radical (unpaired) electrons. The summed E-state index contributed by atoms with van der Waals surface area (Å²) >= 11 is 0. The van der Waals surface area contributed by atoms with Gasteiger partial charge in [-0.1, -0.05) is 0 Å². The van der Waals surface area contributed by atoms with Crippen LogP contribution in [0.15, 0.2) is 18.3 Å². The van der Waals surface area contributed by atoms with Crippen molar-refractivity contribution >= 4 is 17.8 Å². The third-order valence-electron chi connectivity index (χ3n) is 3.31. The predicted molar refractivity (Wildman–Crippen MR) is 71.6 cm³/mol. The van der Waals surface area contributed by atoms with Crippen molar-refractivity contribution in [1.29, 1.82) is 0 Å². The summed E-state index contributed by atoms with van der Waals surface area (Å²) in [4.78, 5) is 28.9. The van der Waals surface area contributed by atoms with Gasteiger partial charge in [-0.15, -0.1) is 0 Å². The fraction of sp³-hybridized carbons (Fsp3) is 0.462. The van der Waals surface area contributed by atoms with Crippen LogP contribution in [0.3, 0.4) is 0 Å². The molecule has 0 aromatic carbocycles. The molecule has 0 spiro atoms. The molecule has 0 saturated carbocycles. The van der Waals surface area contributed by atoms with E-state index in [4.69, 9.17) is 15.6 Å². The Morgan fingerprint density at radius 1 is 1.60 bits per heavy atom. The van der Waals surface area contributed by atoms with E-state index in [1.54, 1.807) is 30.2 Å². The third-order valence-corrected chi connectivity index (χ3v) is 3.31.